The highest BCUT2D eigenvalue weighted by Crippen LogP contribution is 2.25. The minimum absolute atomic E-state index is 0.377. The smallest absolute Gasteiger partial charge is 0.336 e. The summed E-state index contributed by atoms with van der Waals surface area (Å²) in [5, 5.41) is 4.60. The number of ether oxygens (including phenoxy) is 1. The van der Waals surface area contributed by atoms with Crippen molar-refractivity contribution in [2.24, 2.45) is 0 Å². The Morgan fingerprint density at radius 3 is 2.76 bits per heavy atom. The molecule has 1 aromatic carbocycles. The van der Waals surface area contributed by atoms with Crippen LogP contribution in [-0.4, -0.2) is 10.1 Å². The first kappa shape index (κ1) is 13.4. The Hall–Kier alpha value is -2.63. The molecule has 0 radical (unpaired) electrons. The first-order valence-corrected chi connectivity index (χ1v) is 6.54. The van der Waals surface area contributed by atoms with E-state index in [1.165, 1.54) is 6.07 Å². The summed E-state index contributed by atoms with van der Waals surface area (Å²) in [4.78, 5) is 15.5. The second kappa shape index (κ2) is 5.05. The van der Waals surface area contributed by atoms with Gasteiger partial charge in [-0.25, -0.2) is 4.79 Å². The van der Waals surface area contributed by atoms with E-state index in [9.17, 15) is 4.79 Å². The molecule has 0 N–H and O–H groups in total. The number of hydrogen-bond acceptors (Lipinski definition) is 6. The quantitative estimate of drug-likeness (QED) is 0.689. The number of aryl methyl sites for hydroxylation is 2. The molecular weight excluding hydrogens is 272 g/mol. The Morgan fingerprint density at radius 2 is 2.05 bits per heavy atom. The molecule has 2 heterocycles. The van der Waals surface area contributed by atoms with Gasteiger partial charge in [0.15, 0.2) is 11.9 Å². The number of nitrogens with zero attached hydrogens (tertiary/aromatic N) is 2. The Kier molecular flexibility index (Phi) is 3.21. The van der Waals surface area contributed by atoms with E-state index in [4.69, 9.17) is 13.7 Å². The van der Waals surface area contributed by atoms with Gasteiger partial charge < -0.3 is 13.7 Å². The van der Waals surface area contributed by atoms with Gasteiger partial charge in [0.1, 0.15) is 11.3 Å². The van der Waals surface area contributed by atoms with Crippen molar-refractivity contribution in [1.82, 2.24) is 10.1 Å². The number of benzene rings is 1. The second-order valence-electron chi connectivity index (χ2n) is 4.85. The second-order valence-corrected chi connectivity index (χ2v) is 4.85. The van der Waals surface area contributed by atoms with Gasteiger partial charge in [-0.3, -0.25) is 0 Å². The first-order valence-electron chi connectivity index (χ1n) is 6.54. The van der Waals surface area contributed by atoms with Gasteiger partial charge >= 0.3 is 5.63 Å². The van der Waals surface area contributed by atoms with Gasteiger partial charge in [0.2, 0.25) is 0 Å². The molecule has 0 saturated carbocycles. The van der Waals surface area contributed by atoms with Gasteiger partial charge in [0.25, 0.3) is 5.89 Å². The lowest BCUT2D eigenvalue weighted by Crippen LogP contribution is -2.04. The third-order valence-electron chi connectivity index (χ3n) is 3.13. The first-order chi connectivity index (χ1) is 10.0. The van der Waals surface area contributed by atoms with Gasteiger partial charge in [-0.2, -0.15) is 4.98 Å². The normalized spacial score (nSPS) is 12.5. The van der Waals surface area contributed by atoms with Crippen LogP contribution in [0.25, 0.3) is 11.0 Å². The lowest BCUT2D eigenvalue weighted by atomic mass is 10.1. The van der Waals surface area contributed by atoms with Crippen molar-refractivity contribution in [1.29, 1.82) is 0 Å². The van der Waals surface area contributed by atoms with Crippen LogP contribution in [0.2, 0.25) is 0 Å². The molecule has 0 aliphatic heterocycles. The predicted octanol–water partition coefficient (Wildman–Crippen LogP) is 2.93. The van der Waals surface area contributed by atoms with E-state index in [-0.39, 0.29) is 11.7 Å². The van der Waals surface area contributed by atoms with E-state index in [0.717, 1.165) is 10.9 Å². The lowest BCUT2D eigenvalue weighted by Gasteiger charge is -2.11. The zero-order valence-electron chi connectivity index (χ0n) is 11.9. The van der Waals surface area contributed by atoms with Crippen molar-refractivity contribution < 1.29 is 13.7 Å². The fourth-order valence-electron chi connectivity index (χ4n) is 2.11. The average Bonchev–Trinajstić information content (AvgIpc) is 2.85. The van der Waals surface area contributed by atoms with Crippen LogP contribution in [-0.2, 0) is 0 Å². The Bertz CT molecular complexity index is 850. The maximum Gasteiger partial charge on any atom is 0.336 e. The Balaban J connectivity index is 1.92. The number of aromatic nitrogens is 2. The number of rotatable bonds is 3. The van der Waals surface area contributed by atoms with Crippen LogP contribution in [0.1, 0.15) is 30.3 Å². The summed E-state index contributed by atoms with van der Waals surface area (Å²) in [6.45, 7) is 5.42. The van der Waals surface area contributed by atoms with E-state index in [1.54, 1.807) is 13.0 Å². The van der Waals surface area contributed by atoms with Crippen molar-refractivity contribution in [2.45, 2.75) is 26.9 Å². The van der Waals surface area contributed by atoms with Gasteiger partial charge in [0.05, 0.1) is 0 Å². The summed E-state index contributed by atoms with van der Waals surface area (Å²) in [5.74, 6) is 1.53. The largest absolute Gasteiger partial charge is 0.481 e. The Labute approximate surface area is 120 Å². The molecule has 21 heavy (non-hydrogen) atoms. The zero-order chi connectivity index (χ0) is 15.0. The van der Waals surface area contributed by atoms with Crippen LogP contribution in [0.3, 0.4) is 0 Å². The minimum Gasteiger partial charge on any atom is -0.481 e. The maximum absolute atomic E-state index is 11.4. The molecule has 0 fully saturated rings. The van der Waals surface area contributed by atoms with Crippen LogP contribution in [0.4, 0.5) is 0 Å². The summed E-state index contributed by atoms with van der Waals surface area (Å²) in [5.41, 5.74) is 0.984. The topological polar surface area (TPSA) is 78.4 Å². The van der Waals surface area contributed by atoms with Crippen molar-refractivity contribution in [3.8, 4) is 5.75 Å². The van der Waals surface area contributed by atoms with E-state index < -0.39 is 0 Å². The summed E-state index contributed by atoms with van der Waals surface area (Å²) in [7, 11) is 0. The van der Waals surface area contributed by atoms with Gasteiger partial charge in [-0.1, -0.05) is 5.16 Å². The average molecular weight is 286 g/mol. The molecule has 0 unspecified atom stereocenters. The molecule has 0 amide bonds. The summed E-state index contributed by atoms with van der Waals surface area (Å²) >= 11 is 0. The van der Waals surface area contributed by atoms with Gasteiger partial charge in [0, 0.05) is 17.5 Å². The van der Waals surface area contributed by atoms with Gasteiger partial charge in [-0.15, -0.1) is 0 Å². The molecule has 6 heteroatoms. The van der Waals surface area contributed by atoms with E-state index in [1.807, 2.05) is 26.0 Å². The standard InChI is InChI=1S/C15H14N2O4/c1-8-6-14(18)20-13-7-11(4-5-12(8)13)19-9(2)15-16-10(3)17-21-15/h4-7,9H,1-3H3/t9-/m0/s1. The van der Waals surface area contributed by atoms with Crippen LogP contribution in [0, 0.1) is 13.8 Å². The van der Waals surface area contributed by atoms with E-state index >= 15 is 0 Å². The molecule has 6 nitrogen and oxygen atoms in total. The zero-order valence-corrected chi connectivity index (χ0v) is 11.9. The molecule has 3 aromatic rings. The molecular formula is C15H14N2O4. The molecule has 2 aromatic heterocycles. The van der Waals surface area contributed by atoms with Crippen LogP contribution in [0.15, 0.2) is 38.0 Å². The fourth-order valence-corrected chi connectivity index (χ4v) is 2.11. The molecule has 3 rings (SSSR count). The van der Waals surface area contributed by atoms with Crippen molar-refractivity contribution in [3.63, 3.8) is 0 Å². The number of hydrogen-bond donors (Lipinski definition) is 0. The summed E-state index contributed by atoms with van der Waals surface area (Å²) in [6.07, 6.45) is -0.389. The lowest BCUT2D eigenvalue weighted by molar-refractivity contribution is 0.175. The van der Waals surface area contributed by atoms with Crippen molar-refractivity contribution in [2.75, 3.05) is 0 Å². The summed E-state index contributed by atoms with van der Waals surface area (Å²) in [6, 6.07) is 6.82. The molecule has 0 saturated heterocycles. The third-order valence-corrected chi connectivity index (χ3v) is 3.13. The molecule has 0 spiro atoms. The Morgan fingerprint density at radius 1 is 1.24 bits per heavy atom. The minimum atomic E-state index is -0.389. The van der Waals surface area contributed by atoms with Crippen LogP contribution in [0.5, 0.6) is 5.75 Å². The van der Waals surface area contributed by atoms with Crippen LogP contribution < -0.4 is 10.4 Å². The van der Waals surface area contributed by atoms with E-state index in [2.05, 4.69) is 10.1 Å². The third kappa shape index (κ3) is 2.65. The molecule has 0 bridgehead atoms. The van der Waals surface area contributed by atoms with E-state index in [0.29, 0.717) is 23.0 Å². The highest BCUT2D eigenvalue weighted by Gasteiger charge is 2.15. The van der Waals surface area contributed by atoms with Crippen molar-refractivity contribution >= 4 is 11.0 Å². The molecule has 0 aliphatic rings. The summed E-state index contributed by atoms with van der Waals surface area (Å²) < 4.78 is 16.0. The number of fused-ring (bicyclic) bond motifs is 1. The highest BCUT2D eigenvalue weighted by molar-refractivity contribution is 5.81. The maximum atomic E-state index is 11.4. The molecule has 1 atom stereocenters. The SMILES string of the molecule is Cc1noc([C@H](C)Oc2ccc3c(C)cc(=O)oc3c2)n1. The van der Waals surface area contributed by atoms with Crippen LogP contribution >= 0.6 is 0 Å². The fraction of sp³-hybridized carbons (Fsp3) is 0.267. The molecule has 108 valence electrons. The molecule has 0 aliphatic carbocycles. The monoisotopic (exact) mass is 286 g/mol. The van der Waals surface area contributed by atoms with Crippen molar-refractivity contribution in [3.05, 3.63) is 52.0 Å². The van der Waals surface area contributed by atoms with Gasteiger partial charge in [-0.05, 0) is 38.5 Å². The highest BCUT2D eigenvalue weighted by atomic mass is 16.5. The predicted molar refractivity (Wildman–Crippen MR) is 75.3 cm³/mol.